The molecule has 0 radical (unpaired) electrons. The van der Waals surface area contributed by atoms with E-state index in [1.54, 1.807) is 0 Å². The summed E-state index contributed by atoms with van der Waals surface area (Å²) in [6, 6.07) is 0. The summed E-state index contributed by atoms with van der Waals surface area (Å²) in [7, 11) is 0. The van der Waals surface area contributed by atoms with Gasteiger partial charge in [0.05, 0.1) is 5.41 Å². The molecule has 0 bridgehead atoms. The Morgan fingerprint density at radius 3 is 2.52 bits per heavy atom. The molecular weight excluding hydrogens is 312 g/mol. The summed E-state index contributed by atoms with van der Waals surface area (Å²) in [5.74, 6) is 1.35. The molecule has 1 aliphatic carbocycles. The Hall–Kier alpha value is -1.06. The first kappa shape index (κ1) is 18.7. The summed E-state index contributed by atoms with van der Waals surface area (Å²) in [5, 5.41) is 0. The fourth-order valence-corrected chi connectivity index (χ4v) is 5.12. The number of rotatable bonds is 4. The average molecular weight is 349 g/mol. The number of nitrogens with zero attached hydrogens (tertiary/aromatic N) is 2. The molecule has 1 saturated carbocycles. The van der Waals surface area contributed by atoms with Gasteiger partial charge in [0.15, 0.2) is 0 Å². The zero-order valence-corrected chi connectivity index (χ0v) is 16.5. The van der Waals surface area contributed by atoms with Gasteiger partial charge in [0.1, 0.15) is 0 Å². The summed E-state index contributed by atoms with van der Waals surface area (Å²) in [6.07, 6.45) is 9.90. The third-order valence-corrected chi connectivity index (χ3v) is 6.44. The molecule has 1 atom stereocenters. The van der Waals surface area contributed by atoms with Crippen molar-refractivity contribution in [1.82, 2.24) is 9.80 Å². The minimum absolute atomic E-state index is 0.129. The average Bonchev–Trinajstić information content (AvgIpc) is 3.19. The van der Waals surface area contributed by atoms with Crippen molar-refractivity contribution in [2.24, 2.45) is 16.7 Å². The van der Waals surface area contributed by atoms with Gasteiger partial charge in [0.2, 0.25) is 11.8 Å². The molecule has 4 heteroatoms. The van der Waals surface area contributed by atoms with Gasteiger partial charge in [-0.1, -0.05) is 46.5 Å². The zero-order chi connectivity index (χ0) is 18.1. The van der Waals surface area contributed by atoms with Crippen LogP contribution in [-0.4, -0.2) is 47.8 Å². The summed E-state index contributed by atoms with van der Waals surface area (Å²) in [6.45, 7) is 9.71. The van der Waals surface area contributed by atoms with Crippen molar-refractivity contribution in [3.05, 3.63) is 0 Å². The van der Waals surface area contributed by atoms with Crippen molar-refractivity contribution in [2.75, 3.05) is 26.2 Å². The van der Waals surface area contributed by atoms with Gasteiger partial charge in [-0.3, -0.25) is 9.59 Å². The van der Waals surface area contributed by atoms with Crippen LogP contribution in [0.15, 0.2) is 0 Å². The van der Waals surface area contributed by atoms with Crippen LogP contribution < -0.4 is 0 Å². The lowest BCUT2D eigenvalue weighted by Gasteiger charge is -2.41. The van der Waals surface area contributed by atoms with Crippen LogP contribution in [0.25, 0.3) is 0 Å². The van der Waals surface area contributed by atoms with E-state index in [4.69, 9.17) is 0 Å². The maximum atomic E-state index is 13.2. The number of carbonyl (C=O) groups excluding carboxylic acids is 2. The molecule has 1 unspecified atom stereocenters. The van der Waals surface area contributed by atoms with E-state index in [2.05, 4.69) is 25.7 Å². The van der Waals surface area contributed by atoms with E-state index >= 15 is 0 Å². The monoisotopic (exact) mass is 348 g/mol. The lowest BCUT2D eigenvalue weighted by Crippen LogP contribution is -2.52. The predicted octanol–water partition coefficient (Wildman–Crippen LogP) is 3.84. The molecule has 4 nitrogen and oxygen atoms in total. The van der Waals surface area contributed by atoms with Gasteiger partial charge in [0.25, 0.3) is 0 Å². The zero-order valence-electron chi connectivity index (χ0n) is 16.5. The van der Waals surface area contributed by atoms with Crippen LogP contribution in [0.5, 0.6) is 0 Å². The Kier molecular flexibility index (Phi) is 5.45. The molecular formula is C21H36N2O2. The van der Waals surface area contributed by atoms with Gasteiger partial charge in [-0.2, -0.15) is 0 Å². The number of hydrogen-bond acceptors (Lipinski definition) is 2. The van der Waals surface area contributed by atoms with E-state index in [0.717, 1.165) is 51.2 Å². The topological polar surface area (TPSA) is 40.6 Å². The van der Waals surface area contributed by atoms with Crippen molar-refractivity contribution < 1.29 is 9.59 Å². The van der Waals surface area contributed by atoms with Crippen LogP contribution in [0.3, 0.4) is 0 Å². The van der Waals surface area contributed by atoms with Crippen molar-refractivity contribution in [2.45, 2.75) is 78.6 Å². The molecule has 3 aliphatic rings. The summed E-state index contributed by atoms with van der Waals surface area (Å²) < 4.78 is 0. The minimum Gasteiger partial charge on any atom is -0.342 e. The van der Waals surface area contributed by atoms with Crippen molar-refractivity contribution in [3.8, 4) is 0 Å². The van der Waals surface area contributed by atoms with Crippen molar-refractivity contribution >= 4 is 11.8 Å². The van der Waals surface area contributed by atoms with Gasteiger partial charge in [-0.15, -0.1) is 0 Å². The Morgan fingerprint density at radius 1 is 1.12 bits per heavy atom. The Labute approximate surface area is 153 Å². The molecule has 2 amide bonds. The standard InChI is InChI=1S/C21H36N2O2/c1-20(2,3)15-23-13-6-11-21(19(23)25)12-14-22(16-21)18(24)10-9-17-7-4-5-8-17/h17H,4-16H2,1-3H3. The molecule has 0 aromatic heterocycles. The van der Waals surface area contributed by atoms with Gasteiger partial charge in [0, 0.05) is 32.6 Å². The number of amides is 2. The second-order valence-electron chi connectivity index (χ2n) is 9.93. The molecule has 2 saturated heterocycles. The third-order valence-electron chi connectivity index (χ3n) is 6.44. The molecule has 0 aromatic rings. The lowest BCUT2D eigenvalue weighted by atomic mass is 9.77. The highest BCUT2D eigenvalue weighted by Gasteiger charge is 2.49. The largest absolute Gasteiger partial charge is 0.342 e. The second kappa shape index (κ2) is 7.28. The number of carbonyl (C=O) groups is 2. The molecule has 142 valence electrons. The number of piperidine rings is 1. The van der Waals surface area contributed by atoms with Gasteiger partial charge in [-0.25, -0.2) is 0 Å². The lowest BCUT2D eigenvalue weighted by molar-refractivity contribution is -0.147. The number of likely N-dealkylation sites (tertiary alicyclic amines) is 2. The predicted molar refractivity (Wildman–Crippen MR) is 100 cm³/mol. The third kappa shape index (κ3) is 4.38. The molecule has 25 heavy (non-hydrogen) atoms. The Balaban J connectivity index is 1.56. The molecule has 1 spiro atoms. The van der Waals surface area contributed by atoms with Crippen LogP contribution in [0.4, 0.5) is 0 Å². The fraction of sp³-hybridized carbons (Fsp3) is 0.905. The first-order valence-corrected chi connectivity index (χ1v) is 10.4. The smallest absolute Gasteiger partial charge is 0.230 e. The number of hydrogen-bond donors (Lipinski definition) is 0. The van der Waals surface area contributed by atoms with Crippen molar-refractivity contribution in [1.29, 1.82) is 0 Å². The van der Waals surface area contributed by atoms with E-state index in [1.807, 2.05) is 4.90 Å². The molecule has 0 aromatic carbocycles. The molecule has 3 fully saturated rings. The quantitative estimate of drug-likeness (QED) is 0.774. The van der Waals surface area contributed by atoms with Gasteiger partial charge >= 0.3 is 0 Å². The van der Waals surface area contributed by atoms with Crippen LogP contribution >= 0.6 is 0 Å². The Morgan fingerprint density at radius 2 is 1.84 bits per heavy atom. The molecule has 3 rings (SSSR count). The van der Waals surface area contributed by atoms with Gasteiger partial charge in [-0.05, 0) is 37.0 Å². The highest BCUT2D eigenvalue weighted by Crippen LogP contribution is 2.41. The van der Waals surface area contributed by atoms with E-state index in [-0.39, 0.29) is 16.7 Å². The van der Waals surface area contributed by atoms with Gasteiger partial charge < -0.3 is 9.80 Å². The SMILES string of the molecule is CC(C)(C)CN1CCCC2(CCN(C(=O)CCC3CCCC3)C2)C1=O. The van der Waals surface area contributed by atoms with Crippen LogP contribution in [0.1, 0.15) is 78.6 Å². The van der Waals surface area contributed by atoms with E-state index < -0.39 is 0 Å². The van der Waals surface area contributed by atoms with Crippen LogP contribution in [-0.2, 0) is 9.59 Å². The van der Waals surface area contributed by atoms with Crippen LogP contribution in [0.2, 0.25) is 0 Å². The molecule has 2 heterocycles. The highest BCUT2D eigenvalue weighted by atomic mass is 16.2. The van der Waals surface area contributed by atoms with E-state index in [0.29, 0.717) is 18.9 Å². The second-order valence-corrected chi connectivity index (χ2v) is 9.93. The first-order chi connectivity index (χ1) is 11.8. The van der Waals surface area contributed by atoms with Crippen LogP contribution in [0, 0.1) is 16.7 Å². The summed E-state index contributed by atoms with van der Waals surface area (Å²) in [4.78, 5) is 29.9. The molecule has 2 aliphatic heterocycles. The normalized spacial score (nSPS) is 28.4. The van der Waals surface area contributed by atoms with E-state index in [1.165, 1.54) is 25.7 Å². The van der Waals surface area contributed by atoms with E-state index in [9.17, 15) is 9.59 Å². The first-order valence-electron chi connectivity index (χ1n) is 10.4. The maximum Gasteiger partial charge on any atom is 0.230 e. The fourth-order valence-electron chi connectivity index (χ4n) is 5.12. The maximum absolute atomic E-state index is 13.2. The molecule has 0 N–H and O–H groups in total. The summed E-state index contributed by atoms with van der Waals surface area (Å²) in [5.41, 5.74) is -0.157. The van der Waals surface area contributed by atoms with Crippen molar-refractivity contribution in [3.63, 3.8) is 0 Å². The highest BCUT2D eigenvalue weighted by molar-refractivity contribution is 5.86. The summed E-state index contributed by atoms with van der Waals surface area (Å²) >= 11 is 0. The Bertz CT molecular complexity index is 505. The minimum atomic E-state index is -0.285.